The SMILES string of the molecule is C=CCN[C]1CCCCC1. The summed E-state index contributed by atoms with van der Waals surface area (Å²) in [6.45, 7) is 4.61. The topological polar surface area (TPSA) is 12.0 Å². The van der Waals surface area contributed by atoms with Crippen LogP contribution < -0.4 is 5.32 Å². The molecular weight excluding hydrogens is 122 g/mol. The molecule has 1 N–H and O–H groups in total. The fourth-order valence-electron chi connectivity index (χ4n) is 1.37. The number of hydrogen-bond acceptors (Lipinski definition) is 1. The Kier molecular flexibility index (Phi) is 3.52. The van der Waals surface area contributed by atoms with Crippen LogP contribution in [0.1, 0.15) is 32.1 Å². The van der Waals surface area contributed by atoms with Crippen LogP contribution in [-0.2, 0) is 0 Å². The standard InChI is InChI=1S/C9H16N/c1-2-8-10-9-6-4-3-5-7-9/h2,10H,1,3-8H2. The van der Waals surface area contributed by atoms with Crippen molar-refractivity contribution < 1.29 is 0 Å². The molecule has 1 saturated carbocycles. The third-order valence-corrected chi connectivity index (χ3v) is 1.95. The van der Waals surface area contributed by atoms with Crippen molar-refractivity contribution >= 4 is 0 Å². The molecule has 1 fully saturated rings. The van der Waals surface area contributed by atoms with Crippen molar-refractivity contribution in [2.45, 2.75) is 32.1 Å². The fraction of sp³-hybridized carbons (Fsp3) is 0.667. The second kappa shape index (κ2) is 4.51. The maximum atomic E-state index is 3.67. The quantitative estimate of drug-likeness (QED) is 0.590. The van der Waals surface area contributed by atoms with Gasteiger partial charge in [0.1, 0.15) is 0 Å². The van der Waals surface area contributed by atoms with Crippen molar-refractivity contribution in [1.82, 2.24) is 5.32 Å². The lowest BCUT2D eigenvalue weighted by molar-refractivity contribution is 0.484. The first kappa shape index (κ1) is 7.80. The second-order valence-electron chi connectivity index (χ2n) is 2.83. The molecule has 0 aliphatic heterocycles. The van der Waals surface area contributed by atoms with Gasteiger partial charge in [-0.2, -0.15) is 0 Å². The lowest BCUT2D eigenvalue weighted by Gasteiger charge is -2.20. The van der Waals surface area contributed by atoms with Crippen LogP contribution in [0.2, 0.25) is 0 Å². The van der Waals surface area contributed by atoms with Gasteiger partial charge in [0.05, 0.1) is 0 Å². The van der Waals surface area contributed by atoms with Crippen LogP contribution in [-0.4, -0.2) is 6.54 Å². The molecule has 1 rings (SSSR count). The molecule has 1 nitrogen and oxygen atoms in total. The molecule has 1 aliphatic rings. The van der Waals surface area contributed by atoms with Crippen LogP contribution in [0.15, 0.2) is 12.7 Å². The van der Waals surface area contributed by atoms with Gasteiger partial charge >= 0.3 is 0 Å². The Hall–Kier alpha value is -0.300. The van der Waals surface area contributed by atoms with E-state index in [0.29, 0.717) is 0 Å². The zero-order chi connectivity index (χ0) is 7.23. The molecule has 1 aliphatic carbocycles. The third kappa shape index (κ3) is 2.53. The van der Waals surface area contributed by atoms with Crippen LogP contribution in [0.4, 0.5) is 0 Å². The average Bonchev–Trinajstić information content (AvgIpc) is 2.03. The van der Waals surface area contributed by atoms with E-state index in [-0.39, 0.29) is 0 Å². The van der Waals surface area contributed by atoms with E-state index in [0.717, 1.165) is 6.54 Å². The maximum Gasteiger partial charge on any atom is 0.0366 e. The lowest BCUT2D eigenvalue weighted by Crippen LogP contribution is -2.23. The molecule has 0 amide bonds. The predicted octanol–water partition coefficient (Wildman–Crippen LogP) is 2.26. The summed E-state index contributed by atoms with van der Waals surface area (Å²) in [5.41, 5.74) is 0. The highest BCUT2D eigenvalue weighted by Gasteiger charge is 2.11. The normalized spacial score (nSPS) is 20.8. The molecule has 0 heterocycles. The molecular formula is C9H16N. The number of rotatable bonds is 3. The van der Waals surface area contributed by atoms with Crippen LogP contribution >= 0.6 is 0 Å². The second-order valence-corrected chi connectivity index (χ2v) is 2.83. The van der Waals surface area contributed by atoms with E-state index in [9.17, 15) is 0 Å². The lowest BCUT2D eigenvalue weighted by atomic mass is 9.96. The summed E-state index contributed by atoms with van der Waals surface area (Å²) in [6.07, 6.45) is 8.65. The summed E-state index contributed by atoms with van der Waals surface area (Å²) in [5.74, 6) is 0. The number of nitrogens with one attached hydrogen (secondary N) is 1. The Morgan fingerprint density at radius 3 is 2.60 bits per heavy atom. The van der Waals surface area contributed by atoms with Gasteiger partial charge < -0.3 is 5.32 Å². The Morgan fingerprint density at radius 2 is 2.00 bits per heavy atom. The summed E-state index contributed by atoms with van der Waals surface area (Å²) < 4.78 is 0. The van der Waals surface area contributed by atoms with Crippen LogP contribution in [0.3, 0.4) is 0 Å². The van der Waals surface area contributed by atoms with Crippen molar-refractivity contribution in [1.29, 1.82) is 0 Å². The van der Waals surface area contributed by atoms with Crippen molar-refractivity contribution in [3.05, 3.63) is 18.7 Å². The smallest absolute Gasteiger partial charge is 0.0366 e. The largest absolute Gasteiger partial charge is 0.306 e. The van der Waals surface area contributed by atoms with Crippen molar-refractivity contribution in [3.63, 3.8) is 0 Å². The van der Waals surface area contributed by atoms with Gasteiger partial charge in [-0.15, -0.1) is 6.58 Å². The van der Waals surface area contributed by atoms with E-state index >= 15 is 0 Å². The van der Waals surface area contributed by atoms with E-state index in [2.05, 4.69) is 11.9 Å². The van der Waals surface area contributed by atoms with Crippen molar-refractivity contribution in [3.8, 4) is 0 Å². The molecule has 0 aromatic carbocycles. The molecule has 0 bridgehead atoms. The van der Waals surface area contributed by atoms with Gasteiger partial charge in [0.25, 0.3) is 0 Å². The molecule has 0 atom stereocenters. The Labute approximate surface area is 63.5 Å². The Morgan fingerprint density at radius 1 is 1.30 bits per heavy atom. The van der Waals surface area contributed by atoms with Crippen LogP contribution in [0, 0.1) is 6.04 Å². The van der Waals surface area contributed by atoms with E-state index in [1.807, 2.05) is 6.08 Å². The summed E-state index contributed by atoms with van der Waals surface area (Å²) >= 11 is 0. The first-order valence-electron chi connectivity index (χ1n) is 4.13. The van der Waals surface area contributed by atoms with Gasteiger partial charge in [0.15, 0.2) is 0 Å². The summed E-state index contributed by atoms with van der Waals surface area (Å²) in [4.78, 5) is 0. The first-order chi connectivity index (χ1) is 4.93. The monoisotopic (exact) mass is 138 g/mol. The van der Waals surface area contributed by atoms with E-state index in [1.165, 1.54) is 38.1 Å². The molecule has 0 unspecified atom stereocenters. The third-order valence-electron chi connectivity index (χ3n) is 1.95. The minimum atomic E-state index is 0.940. The Bertz CT molecular complexity index is 92.9. The molecule has 0 aromatic rings. The van der Waals surface area contributed by atoms with Crippen molar-refractivity contribution in [2.24, 2.45) is 0 Å². The zero-order valence-corrected chi connectivity index (χ0v) is 6.53. The van der Waals surface area contributed by atoms with E-state index in [1.54, 1.807) is 0 Å². The summed E-state index contributed by atoms with van der Waals surface area (Å²) in [6, 6.07) is 1.53. The molecule has 1 heteroatoms. The highest BCUT2D eigenvalue weighted by Crippen LogP contribution is 2.22. The fourth-order valence-corrected chi connectivity index (χ4v) is 1.37. The maximum absolute atomic E-state index is 3.67. The average molecular weight is 138 g/mol. The first-order valence-corrected chi connectivity index (χ1v) is 4.13. The van der Waals surface area contributed by atoms with Crippen LogP contribution in [0.25, 0.3) is 0 Å². The molecule has 0 saturated heterocycles. The molecule has 57 valence electrons. The van der Waals surface area contributed by atoms with Gasteiger partial charge in [0, 0.05) is 12.6 Å². The highest BCUT2D eigenvalue weighted by molar-refractivity contribution is 4.91. The van der Waals surface area contributed by atoms with Crippen molar-refractivity contribution in [2.75, 3.05) is 6.54 Å². The van der Waals surface area contributed by atoms with Gasteiger partial charge in [0.2, 0.25) is 0 Å². The van der Waals surface area contributed by atoms with Gasteiger partial charge in [-0.3, -0.25) is 0 Å². The summed E-state index contributed by atoms with van der Waals surface area (Å²) in [7, 11) is 0. The van der Waals surface area contributed by atoms with E-state index in [4.69, 9.17) is 0 Å². The van der Waals surface area contributed by atoms with Gasteiger partial charge in [-0.25, -0.2) is 0 Å². The summed E-state index contributed by atoms with van der Waals surface area (Å²) in [5, 5.41) is 3.37. The minimum Gasteiger partial charge on any atom is -0.306 e. The molecule has 0 spiro atoms. The molecule has 0 aromatic heterocycles. The minimum absolute atomic E-state index is 0.940. The van der Waals surface area contributed by atoms with Gasteiger partial charge in [-0.05, 0) is 12.8 Å². The number of hydrogen-bond donors (Lipinski definition) is 1. The van der Waals surface area contributed by atoms with Crippen LogP contribution in [0.5, 0.6) is 0 Å². The zero-order valence-electron chi connectivity index (χ0n) is 6.53. The Balaban J connectivity index is 2.07. The predicted molar refractivity (Wildman–Crippen MR) is 44.5 cm³/mol. The highest BCUT2D eigenvalue weighted by atomic mass is 14.9. The van der Waals surface area contributed by atoms with Gasteiger partial charge in [-0.1, -0.05) is 25.3 Å². The molecule has 1 radical (unpaired) electrons. The molecule has 10 heavy (non-hydrogen) atoms. The van der Waals surface area contributed by atoms with E-state index < -0.39 is 0 Å².